The first kappa shape index (κ1) is 20.6. The SMILES string of the molecule is Cn1nccc1[C@H]1CCCCC[C@@H]1Oc1cc(F)c(SNc2ccncn2)cc1F. The lowest BCUT2D eigenvalue weighted by Gasteiger charge is -2.26. The van der Waals surface area contributed by atoms with Crippen LogP contribution in [0.2, 0.25) is 0 Å². The van der Waals surface area contributed by atoms with E-state index >= 15 is 0 Å². The molecule has 6 nitrogen and oxygen atoms in total. The molecule has 0 radical (unpaired) electrons. The van der Waals surface area contributed by atoms with Crippen LogP contribution in [-0.2, 0) is 7.05 Å². The van der Waals surface area contributed by atoms with Crippen molar-refractivity contribution in [1.29, 1.82) is 0 Å². The van der Waals surface area contributed by atoms with Crippen molar-refractivity contribution >= 4 is 17.8 Å². The van der Waals surface area contributed by atoms with Gasteiger partial charge in [-0.25, -0.2) is 18.7 Å². The van der Waals surface area contributed by atoms with Crippen LogP contribution in [0.3, 0.4) is 0 Å². The number of nitrogens with zero attached hydrogens (tertiary/aromatic N) is 4. The highest BCUT2D eigenvalue weighted by atomic mass is 32.2. The molecule has 3 aromatic rings. The Morgan fingerprint density at radius 1 is 1.10 bits per heavy atom. The van der Waals surface area contributed by atoms with Crippen LogP contribution in [0, 0.1) is 11.6 Å². The van der Waals surface area contributed by atoms with E-state index in [9.17, 15) is 8.78 Å². The minimum absolute atomic E-state index is 0.0574. The van der Waals surface area contributed by atoms with Crippen LogP contribution in [0.1, 0.15) is 43.7 Å². The first-order valence-corrected chi connectivity index (χ1v) is 10.8. The van der Waals surface area contributed by atoms with Crippen molar-refractivity contribution in [3.05, 3.63) is 60.3 Å². The van der Waals surface area contributed by atoms with Crippen molar-refractivity contribution in [2.75, 3.05) is 4.72 Å². The molecule has 9 heteroatoms. The van der Waals surface area contributed by atoms with Crippen molar-refractivity contribution in [2.24, 2.45) is 7.05 Å². The number of halogens is 2. The molecule has 0 bridgehead atoms. The quantitative estimate of drug-likeness (QED) is 0.433. The number of benzene rings is 1. The summed E-state index contributed by atoms with van der Waals surface area (Å²) >= 11 is 0.951. The summed E-state index contributed by atoms with van der Waals surface area (Å²) in [5.41, 5.74) is 1.06. The van der Waals surface area contributed by atoms with E-state index in [1.165, 1.54) is 6.33 Å². The Kier molecular flexibility index (Phi) is 6.47. The Morgan fingerprint density at radius 3 is 2.73 bits per heavy atom. The fourth-order valence-corrected chi connectivity index (χ4v) is 4.46. The Balaban J connectivity index is 1.51. The Morgan fingerprint density at radius 2 is 1.97 bits per heavy atom. The van der Waals surface area contributed by atoms with Crippen LogP contribution in [0.25, 0.3) is 0 Å². The number of anilines is 1. The van der Waals surface area contributed by atoms with Gasteiger partial charge >= 0.3 is 0 Å². The van der Waals surface area contributed by atoms with Crippen LogP contribution in [0.15, 0.2) is 47.9 Å². The standard InChI is InChI=1S/C21H23F2N5OS/c1-28-17(7-10-26-28)14-5-3-2-4-6-18(14)29-19-11-16(23)20(12-15(19)22)30-27-21-8-9-24-13-25-21/h7-14,18H,2-6H2,1H3,(H,24,25,27)/t14-,18+/m1/s1. The Hall–Kier alpha value is -2.68. The van der Waals surface area contributed by atoms with Crippen molar-refractivity contribution < 1.29 is 13.5 Å². The lowest BCUT2D eigenvalue weighted by molar-refractivity contribution is 0.150. The van der Waals surface area contributed by atoms with Gasteiger partial charge in [-0.05, 0) is 49.4 Å². The maximum absolute atomic E-state index is 14.8. The lowest BCUT2D eigenvalue weighted by Crippen LogP contribution is -2.26. The molecular formula is C21H23F2N5OS. The first-order chi connectivity index (χ1) is 14.6. The largest absolute Gasteiger partial charge is 0.487 e. The molecule has 30 heavy (non-hydrogen) atoms. The summed E-state index contributed by atoms with van der Waals surface area (Å²) < 4.78 is 40.2. The minimum Gasteiger partial charge on any atom is -0.487 e. The van der Waals surface area contributed by atoms with E-state index in [1.807, 2.05) is 17.8 Å². The van der Waals surface area contributed by atoms with Crippen molar-refractivity contribution in [1.82, 2.24) is 19.7 Å². The van der Waals surface area contributed by atoms with Gasteiger partial charge in [-0.2, -0.15) is 5.10 Å². The average molecular weight is 432 g/mol. The molecule has 2 heterocycles. The third kappa shape index (κ3) is 4.72. The minimum atomic E-state index is -0.587. The van der Waals surface area contributed by atoms with E-state index in [2.05, 4.69) is 19.8 Å². The summed E-state index contributed by atoms with van der Waals surface area (Å²) in [7, 11) is 1.90. The molecule has 2 aromatic heterocycles. The molecule has 0 amide bonds. The van der Waals surface area contributed by atoms with E-state index in [1.54, 1.807) is 18.5 Å². The van der Waals surface area contributed by atoms with E-state index in [0.29, 0.717) is 5.82 Å². The van der Waals surface area contributed by atoms with Crippen LogP contribution < -0.4 is 9.46 Å². The maximum atomic E-state index is 14.8. The molecule has 0 spiro atoms. The molecule has 1 aliphatic rings. The summed E-state index contributed by atoms with van der Waals surface area (Å²) in [5.74, 6) is -0.596. The second-order valence-electron chi connectivity index (χ2n) is 7.29. The highest BCUT2D eigenvalue weighted by molar-refractivity contribution is 8.00. The van der Waals surface area contributed by atoms with Crippen LogP contribution in [0.4, 0.5) is 14.6 Å². The summed E-state index contributed by atoms with van der Waals surface area (Å²) in [4.78, 5) is 7.94. The zero-order valence-corrected chi connectivity index (χ0v) is 17.4. The van der Waals surface area contributed by atoms with Gasteiger partial charge < -0.3 is 9.46 Å². The van der Waals surface area contributed by atoms with Gasteiger partial charge in [0.15, 0.2) is 11.6 Å². The molecule has 4 rings (SSSR count). The summed E-state index contributed by atoms with van der Waals surface area (Å²) in [6.45, 7) is 0. The molecule has 0 saturated heterocycles. The second kappa shape index (κ2) is 9.42. The van der Waals surface area contributed by atoms with Crippen molar-refractivity contribution in [3.63, 3.8) is 0 Å². The van der Waals surface area contributed by atoms with E-state index in [-0.39, 0.29) is 22.7 Å². The van der Waals surface area contributed by atoms with Gasteiger partial charge in [-0.15, -0.1) is 0 Å². The number of aryl methyl sites for hydroxylation is 1. The molecular weight excluding hydrogens is 408 g/mol. The molecule has 1 aliphatic carbocycles. The van der Waals surface area contributed by atoms with Gasteiger partial charge in [0.2, 0.25) is 0 Å². The molecule has 1 aromatic carbocycles. The summed E-state index contributed by atoms with van der Waals surface area (Å²) in [6, 6.07) is 5.90. The van der Waals surface area contributed by atoms with Gasteiger partial charge in [0.05, 0.1) is 4.90 Å². The highest BCUT2D eigenvalue weighted by Crippen LogP contribution is 2.36. The third-order valence-corrected chi connectivity index (χ3v) is 6.15. The van der Waals surface area contributed by atoms with Crippen LogP contribution in [0.5, 0.6) is 5.75 Å². The molecule has 158 valence electrons. The zero-order chi connectivity index (χ0) is 20.9. The Labute approximate surface area is 178 Å². The van der Waals surface area contributed by atoms with E-state index in [0.717, 1.165) is 61.9 Å². The van der Waals surface area contributed by atoms with Gasteiger partial charge in [0.1, 0.15) is 24.1 Å². The number of nitrogens with one attached hydrogen (secondary N) is 1. The molecule has 0 unspecified atom stereocenters. The lowest BCUT2D eigenvalue weighted by atomic mass is 9.93. The monoisotopic (exact) mass is 431 g/mol. The second-order valence-corrected chi connectivity index (χ2v) is 8.14. The van der Waals surface area contributed by atoms with Gasteiger partial charge in [-0.3, -0.25) is 4.68 Å². The van der Waals surface area contributed by atoms with Gasteiger partial charge in [-0.1, -0.05) is 12.8 Å². The molecule has 0 aliphatic heterocycles. The highest BCUT2D eigenvalue weighted by Gasteiger charge is 2.30. The van der Waals surface area contributed by atoms with Crippen molar-refractivity contribution in [3.8, 4) is 5.75 Å². The first-order valence-electron chi connectivity index (χ1n) is 9.94. The number of ether oxygens (including phenoxy) is 1. The average Bonchev–Trinajstić information content (AvgIpc) is 3.04. The number of aromatic nitrogens is 4. The number of rotatable bonds is 6. The normalized spacial score (nSPS) is 19.3. The van der Waals surface area contributed by atoms with Gasteiger partial charge in [0, 0.05) is 37.1 Å². The van der Waals surface area contributed by atoms with Crippen LogP contribution in [-0.4, -0.2) is 25.9 Å². The fraction of sp³-hybridized carbons (Fsp3) is 0.381. The molecule has 2 atom stereocenters. The zero-order valence-electron chi connectivity index (χ0n) is 16.6. The smallest absolute Gasteiger partial charge is 0.166 e. The topological polar surface area (TPSA) is 64.9 Å². The molecule has 1 saturated carbocycles. The fourth-order valence-electron chi connectivity index (χ4n) is 3.80. The number of hydrogen-bond acceptors (Lipinski definition) is 6. The van der Waals surface area contributed by atoms with Crippen LogP contribution >= 0.6 is 11.9 Å². The predicted molar refractivity (Wildman–Crippen MR) is 111 cm³/mol. The maximum Gasteiger partial charge on any atom is 0.166 e. The Bertz CT molecular complexity index is 985. The molecule has 1 N–H and O–H groups in total. The predicted octanol–water partition coefficient (Wildman–Crippen LogP) is 5.10. The summed E-state index contributed by atoms with van der Waals surface area (Å²) in [5, 5.41) is 4.26. The third-order valence-electron chi connectivity index (χ3n) is 5.30. The molecule has 1 fully saturated rings. The summed E-state index contributed by atoms with van der Waals surface area (Å²) in [6.07, 6.45) is 9.39. The van der Waals surface area contributed by atoms with Crippen molar-refractivity contribution in [2.45, 2.75) is 49.0 Å². The van der Waals surface area contributed by atoms with Gasteiger partial charge in [0.25, 0.3) is 0 Å². The van der Waals surface area contributed by atoms with E-state index < -0.39 is 11.6 Å². The van der Waals surface area contributed by atoms with E-state index in [4.69, 9.17) is 4.74 Å². The number of hydrogen-bond donors (Lipinski definition) is 1.